The Bertz CT molecular complexity index is 386. The molecule has 0 heterocycles. The van der Waals surface area contributed by atoms with E-state index in [-0.39, 0.29) is 22.3 Å². The van der Waals surface area contributed by atoms with Crippen molar-refractivity contribution >= 4 is 40.7 Å². The Kier molecular flexibility index (Phi) is 4.66. The maximum atomic E-state index is 10.5. The first-order chi connectivity index (χ1) is 7.07. The average Bonchev–Trinajstić information content (AvgIpc) is 2.20. The lowest BCUT2D eigenvalue weighted by Crippen LogP contribution is -1.91. The minimum absolute atomic E-state index is 0.00953. The van der Waals surface area contributed by atoms with Gasteiger partial charge in [-0.1, -0.05) is 23.2 Å². The molecule has 0 fully saturated rings. The van der Waals surface area contributed by atoms with Gasteiger partial charge in [-0.3, -0.25) is 10.1 Å². The Balaban J connectivity index is 3.04. The summed E-state index contributed by atoms with van der Waals surface area (Å²) in [6.45, 7) is 0.00953. The molecule has 1 rings (SSSR count). The van der Waals surface area contributed by atoms with Crippen LogP contribution in [0.4, 0.5) is 5.69 Å². The Hall–Kier alpha value is -0.490. The molecule has 0 spiro atoms. The van der Waals surface area contributed by atoms with Crippen LogP contribution in [0.15, 0.2) is 17.0 Å². The van der Waals surface area contributed by atoms with Crippen LogP contribution in [-0.4, -0.2) is 22.4 Å². The summed E-state index contributed by atoms with van der Waals surface area (Å²) in [4.78, 5) is 10.6. The predicted octanol–water partition coefficient (Wildman–Crippen LogP) is 2.99. The van der Waals surface area contributed by atoms with Crippen LogP contribution in [0.5, 0.6) is 0 Å². The van der Waals surface area contributed by atoms with Crippen molar-refractivity contribution in [3.05, 3.63) is 32.3 Å². The van der Waals surface area contributed by atoms with Gasteiger partial charge in [-0.2, -0.15) is 0 Å². The maximum absolute atomic E-state index is 10.5. The molecule has 0 amide bonds. The molecule has 82 valence electrons. The minimum atomic E-state index is -0.589. The number of nitro groups is 1. The normalized spacial score (nSPS) is 10.3. The first-order valence-corrected chi connectivity index (χ1v) is 5.68. The van der Waals surface area contributed by atoms with Gasteiger partial charge in [-0.15, -0.1) is 11.8 Å². The van der Waals surface area contributed by atoms with Crippen molar-refractivity contribution in [1.29, 1.82) is 0 Å². The molecule has 0 aliphatic heterocycles. The summed E-state index contributed by atoms with van der Waals surface area (Å²) in [5.41, 5.74) is -0.213. The zero-order valence-corrected chi connectivity index (χ0v) is 9.77. The van der Waals surface area contributed by atoms with E-state index in [9.17, 15) is 10.1 Å². The van der Waals surface area contributed by atoms with E-state index in [0.29, 0.717) is 10.6 Å². The van der Waals surface area contributed by atoms with Crippen molar-refractivity contribution in [3.63, 3.8) is 0 Å². The summed E-state index contributed by atoms with van der Waals surface area (Å²) < 4.78 is 0. The van der Waals surface area contributed by atoms with Gasteiger partial charge in [0.15, 0.2) is 0 Å². The molecule has 0 atom stereocenters. The Labute approximate surface area is 100 Å². The number of thioether (sulfide) groups is 1. The third-order valence-corrected chi connectivity index (χ3v) is 3.59. The number of nitrogens with zero attached hydrogens (tertiary/aromatic N) is 1. The number of halogens is 2. The molecule has 1 aromatic rings. The van der Waals surface area contributed by atoms with Crippen molar-refractivity contribution < 1.29 is 10.0 Å². The van der Waals surface area contributed by atoms with E-state index in [2.05, 4.69) is 0 Å². The lowest BCUT2D eigenvalue weighted by Gasteiger charge is -2.04. The van der Waals surface area contributed by atoms with Crippen molar-refractivity contribution in [2.24, 2.45) is 0 Å². The van der Waals surface area contributed by atoms with Crippen LogP contribution >= 0.6 is 35.0 Å². The molecular formula is C8H7Cl2NO3S. The van der Waals surface area contributed by atoms with Crippen LogP contribution in [0.25, 0.3) is 0 Å². The Morgan fingerprint density at radius 2 is 2.07 bits per heavy atom. The fourth-order valence-electron chi connectivity index (χ4n) is 0.930. The second-order valence-corrected chi connectivity index (χ2v) is 4.43. The third kappa shape index (κ3) is 2.98. The fraction of sp³-hybridized carbons (Fsp3) is 0.250. The number of nitro benzene ring substituents is 1. The molecule has 0 radical (unpaired) electrons. The van der Waals surface area contributed by atoms with Crippen LogP contribution in [0.2, 0.25) is 10.0 Å². The van der Waals surface area contributed by atoms with Crippen LogP contribution in [0.3, 0.4) is 0 Å². The molecule has 0 saturated heterocycles. The van der Waals surface area contributed by atoms with Gasteiger partial charge in [0, 0.05) is 16.7 Å². The number of hydrogen-bond donors (Lipinski definition) is 1. The van der Waals surface area contributed by atoms with Gasteiger partial charge in [-0.05, 0) is 6.07 Å². The van der Waals surface area contributed by atoms with E-state index in [0.717, 1.165) is 0 Å². The zero-order valence-electron chi connectivity index (χ0n) is 7.44. The molecule has 0 saturated carbocycles. The number of hydrogen-bond acceptors (Lipinski definition) is 4. The van der Waals surface area contributed by atoms with Crippen LogP contribution in [0.1, 0.15) is 0 Å². The summed E-state index contributed by atoms with van der Waals surface area (Å²) in [6, 6.07) is 2.82. The van der Waals surface area contributed by atoms with E-state index >= 15 is 0 Å². The highest BCUT2D eigenvalue weighted by molar-refractivity contribution is 7.99. The second-order valence-electron chi connectivity index (χ2n) is 2.54. The molecule has 0 aromatic heterocycles. The molecule has 0 unspecified atom stereocenters. The van der Waals surface area contributed by atoms with Gasteiger partial charge in [0.1, 0.15) is 5.02 Å². The maximum Gasteiger partial charge on any atom is 0.289 e. The summed E-state index contributed by atoms with van der Waals surface area (Å²) in [7, 11) is 0. The lowest BCUT2D eigenvalue weighted by molar-refractivity contribution is -0.384. The third-order valence-electron chi connectivity index (χ3n) is 1.57. The average molecular weight is 268 g/mol. The molecule has 0 aliphatic carbocycles. The zero-order chi connectivity index (χ0) is 11.4. The molecule has 0 bridgehead atoms. The number of benzene rings is 1. The lowest BCUT2D eigenvalue weighted by atomic mass is 10.3. The fourth-order valence-corrected chi connectivity index (χ4v) is 2.25. The van der Waals surface area contributed by atoms with Crippen LogP contribution < -0.4 is 0 Å². The largest absolute Gasteiger partial charge is 0.396 e. The highest BCUT2D eigenvalue weighted by Gasteiger charge is 2.17. The van der Waals surface area contributed by atoms with Crippen molar-refractivity contribution in [2.75, 3.05) is 12.4 Å². The highest BCUT2D eigenvalue weighted by Crippen LogP contribution is 2.38. The Morgan fingerprint density at radius 3 is 2.60 bits per heavy atom. The van der Waals surface area contributed by atoms with E-state index < -0.39 is 4.92 Å². The predicted molar refractivity (Wildman–Crippen MR) is 60.9 cm³/mol. The van der Waals surface area contributed by atoms with Crippen LogP contribution in [-0.2, 0) is 0 Å². The molecule has 4 nitrogen and oxygen atoms in total. The van der Waals surface area contributed by atoms with E-state index in [1.54, 1.807) is 0 Å². The van der Waals surface area contributed by atoms with E-state index in [1.165, 1.54) is 23.9 Å². The Morgan fingerprint density at radius 1 is 1.40 bits per heavy atom. The van der Waals surface area contributed by atoms with Gasteiger partial charge in [0.25, 0.3) is 5.69 Å². The van der Waals surface area contributed by atoms with E-state index in [4.69, 9.17) is 28.3 Å². The van der Waals surface area contributed by atoms with Crippen molar-refractivity contribution in [2.45, 2.75) is 4.90 Å². The molecule has 1 aromatic carbocycles. The number of aliphatic hydroxyl groups is 1. The molecule has 0 aliphatic rings. The molecule has 15 heavy (non-hydrogen) atoms. The molecule has 1 N–H and O–H groups in total. The van der Waals surface area contributed by atoms with Crippen LogP contribution in [0, 0.1) is 10.1 Å². The quantitative estimate of drug-likeness (QED) is 0.518. The summed E-state index contributed by atoms with van der Waals surface area (Å²) in [5.74, 6) is 0.466. The second kappa shape index (κ2) is 5.55. The van der Waals surface area contributed by atoms with Gasteiger partial charge in [-0.25, -0.2) is 0 Å². The van der Waals surface area contributed by atoms with Gasteiger partial charge in [0.2, 0.25) is 0 Å². The minimum Gasteiger partial charge on any atom is -0.396 e. The highest BCUT2D eigenvalue weighted by atomic mass is 35.5. The van der Waals surface area contributed by atoms with E-state index in [1.807, 2.05) is 0 Å². The first kappa shape index (κ1) is 12.6. The molecular weight excluding hydrogens is 261 g/mol. The first-order valence-electron chi connectivity index (χ1n) is 3.94. The van der Waals surface area contributed by atoms with Crippen molar-refractivity contribution in [1.82, 2.24) is 0 Å². The smallest absolute Gasteiger partial charge is 0.289 e. The number of rotatable bonds is 4. The SMILES string of the molecule is O=[N+]([O-])c1ccc(SCCO)c(Cl)c1Cl. The van der Waals surface area contributed by atoms with Crippen molar-refractivity contribution in [3.8, 4) is 0 Å². The monoisotopic (exact) mass is 267 g/mol. The summed E-state index contributed by atoms with van der Waals surface area (Å²) in [6.07, 6.45) is 0. The number of aliphatic hydroxyl groups excluding tert-OH is 1. The van der Waals surface area contributed by atoms with Gasteiger partial charge >= 0.3 is 0 Å². The topological polar surface area (TPSA) is 63.4 Å². The standard InChI is InChI=1S/C8H7Cl2NO3S/c9-7-5(11(13)14)1-2-6(8(7)10)15-4-3-12/h1-2,12H,3-4H2. The molecule has 7 heteroatoms. The summed E-state index contributed by atoms with van der Waals surface area (Å²) >= 11 is 12.9. The van der Waals surface area contributed by atoms with Gasteiger partial charge in [0.05, 0.1) is 16.6 Å². The summed E-state index contributed by atoms with van der Waals surface area (Å²) in [5, 5.41) is 19.2. The van der Waals surface area contributed by atoms with Gasteiger partial charge < -0.3 is 5.11 Å².